The molecule has 0 aromatic carbocycles. The summed E-state index contributed by atoms with van der Waals surface area (Å²) in [6, 6.07) is 0. The number of fused-ring (bicyclic) bond motifs is 2. The minimum Gasteiger partial charge on any atom is -0.299 e. The SMILES string of the molecule is C[C@]1(Br)[C@@H]2[C@@H]3C(=O)[C@@H]4[C@@H]5C[C@@H]([C@@H]2[C@H]53)[C@@H]41. The van der Waals surface area contributed by atoms with E-state index in [1.165, 1.54) is 6.42 Å². The van der Waals surface area contributed by atoms with Gasteiger partial charge in [0.05, 0.1) is 0 Å². The molecule has 1 nitrogen and oxygen atoms in total. The molecule has 5 fully saturated rings. The molecule has 2 bridgehead atoms. The van der Waals surface area contributed by atoms with Crippen LogP contribution in [0.2, 0.25) is 0 Å². The Balaban J connectivity index is 1.87. The van der Waals surface area contributed by atoms with Crippen molar-refractivity contribution in [1.29, 1.82) is 0 Å². The van der Waals surface area contributed by atoms with Crippen LogP contribution in [0.15, 0.2) is 0 Å². The highest BCUT2D eigenvalue weighted by Crippen LogP contribution is 2.85. The van der Waals surface area contributed by atoms with Gasteiger partial charge in [-0.25, -0.2) is 0 Å². The predicted molar refractivity (Wildman–Crippen MR) is 54.9 cm³/mol. The number of carbonyl (C=O) groups excluding carboxylic acids is 1. The van der Waals surface area contributed by atoms with Gasteiger partial charge in [0.15, 0.2) is 0 Å². The zero-order chi connectivity index (χ0) is 9.40. The van der Waals surface area contributed by atoms with Crippen molar-refractivity contribution in [2.24, 2.45) is 47.3 Å². The van der Waals surface area contributed by atoms with Crippen LogP contribution in [-0.2, 0) is 4.79 Å². The van der Waals surface area contributed by atoms with Crippen LogP contribution in [0.4, 0.5) is 0 Å². The van der Waals surface area contributed by atoms with Crippen LogP contribution in [0.3, 0.4) is 0 Å². The van der Waals surface area contributed by atoms with Crippen molar-refractivity contribution >= 4 is 21.7 Å². The number of halogens is 1. The highest BCUT2D eigenvalue weighted by molar-refractivity contribution is 9.10. The molecular weight excluding hydrogens is 240 g/mol. The van der Waals surface area contributed by atoms with E-state index in [4.69, 9.17) is 0 Å². The Morgan fingerprint density at radius 2 is 2.00 bits per heavy atom. The Morgan fingerprint density at radius 3 is 2.79 bits per heavy atom. The van der Waals surface area contributed by atoms with Crippen molar-refractivity contribution in [3.8, 4) is 0 Å². The van der Waals surface area contributed by atoms with Crippen molar-refractivity contribution in [1.82, 2.24) is 0 Å². The molecule has 0 aliphatic heterocycles. The average molecular weight is 253 g/mol. The molecule has 0 radical (unpaired) electrons. The average Bonchev–Trinajstić information content (AvgIpc) is 2.52. The summed E-state index contributed by atoms with van der Waals surface area (Å²) < 4.78 is 0.327. The van der Waals surface area contributed by atoms with Crippen molar-refractivity contribution in [3.63, 3.8) is 0 Å². The summed E-state index contributed by atoms with van der Waals surface area (Å²) in [6.07, 6.45) is 1.39. The zero-order valence-electron chi connectivity index (χ0n) is 8.11. The quantitative estimate of drug-likeness (QED) is 0.604. The fourth-order valence-corrected chi connectivity index (χ4v) is 7.76. The fraction of sp³-hybridized carbons (Fsp3) is 0.917. The molecule has 0 saturated heterocycles. The van der Waals surface area contributed by atoms with E-state index in [1.807, 2.05) is 0 Å². The first-order valence-electron chi connectivity index (χ1n) is 5.86. The second-order valence-electron chi connectivity index (χ2n) is 6.37. The third kappa shape index (κ3) is 0.417. The summed E-state index contributed by atoms with van der Waals surface area (Å²) in [5.41, 5.74) is 0. The summed E-state index contributed by atoms with van der Waals surface area (Å²) in [4.78, 5) is 12.2. The van der Waals surface area contributed by atoms with Gasteiger partial charge in [-0.2, -0.15) is 0 Å². The third-order valence-corrected chi connectivity index (χ3v) is 7.52. The van der Waals surface area contributed by atoms with Crippen LogP contribution < -0.4 is 0 Å². The Hall–Kier alpha value is 0.150. The van der Waals surface area contributed by atoms with E-state index < -0.39 is 0 Å². The van der Waals surface area contributed by atoms with Crippen LogP contribution in [0, 0.1) is 47.3 Å². The lowest BCUT2D eigenvalue weighted by atomic mass is 9.57. The molecule has 5 rings (SSSR count). The molecule has 5 aliphatic rings. The van der Waals surface area contributed by atoms with Crippen LogP contribution >= 0.6 is 15.9 Å². The van der Waals surface area contributed by atoms with E-state index in [2.05, 4.69) is 22.9 Å². The standard InChI is InChI=1S/C12H13BrO/c1-12(13)9-4-2-3-5-6(4)10(12)8(5)11(14)7(3)9/h3-10H,2H2,1H3/t3-,4+,5+,6-,7-,8-,9+,10+,12-/m1/s1. The number of hydrogen-bond donors (Lipinski definition) is 0. The maximum Gasteiger partial charge on any atom is 0.140 e. The topological polar surface area (TPSA) is 17.1 Å². The highest BCUT2D eigenvalue weighted by Gasteiger charge is 2.86. The Morgan fingerprint density at radius 1 is 1.21 bits per heavy atom. The van der Waals surface area contributed by atoms with Crippen molar-refractivity contribution in [3.05, 3.63) is 0 Å². The number of hydrogen-bond acceptors (Lipinski definition) is 1. The molecule has 9 atom stereocenters. The third-order valence-electron chi connectivity index (χ3n) is 6.46. The lowest BCUT2D eigenvalue weighted by molar-refractivity contribution is -0.134. The van der Waals surface area contributed by atoms with Crippen molar-refractivity contribution < 1.29 is 4.79 Å². The van der Waals surface area contributed by atoms with E-state index in [9.17, 15) is 4.79 Å². The Bertz CT molecular complexity index is 388. The molecule has 0 heterocycles. The zero-order valence-corrected chi connectivity index (χ0v) is 9.70. The molecule has 0 aromatic rings. The van der Waals surface area contributed by atoms with Gasteiger partial charge in [0.1, 0.15) is 5.78 Å². The lowest BCUT2D eigenvalue weighted by Crippen LogP contribution is -2.53. The van der Waals surface area contributed by atoms with Crippen LogP contribution in [0.25, 0.3) is 0 Å². The molecule has 74 valence electrons. The molecule has 5 aliphatic carbocycles. The second-order valence-corrected chi connectivity index (χ2v) is 8.08. The number of Topliss-reactive ketones (excluding diaryl/α,β-unsaturated/α-hetero) is 1. The number of carbonyl (C=O) groups is 1. The fourth-order valence-electron chi connectivity index (χ4n) is 6.54. The van der Waals surface area contributed by atoms with Crippen molar-refractivity contribution in [2.45, 2.75) is 17.7 Å². The van der Waals surface area contributed by atoms with Gasteiger partial charge in [-0.3, -0.25) is 4.79 Å². The van der Waals surface area contributed by atoms with Gasteiger partial charge in [-0.15, -0.1) is 0 Å². The minimum atomic E-state index is 0.327. The summed E-state index contributed by atoms with van der Waals surface area (Å²) in [7, 11) is 0. The first-order chi connectivity index (χ1) is 6.64. The van der Waals surface area contributed by atoms with Gasteiger partial charge in [0, 0.05) is 16.2 Å². The maximum absolute atomic E-state index is 12.2. The summed E-state index contributed by atoms with van der Waals surface area (Å²) in [5.74, 6) is 6.61. The second kappa shape index (κ2) is 1.66. The monoisotopic (exact) mass is 252 g/mol. The maximum atomic E-state index is 12.2. The Labute approximate surface area is 91.8 Å². The van der Waals surface area contributed by atoms with E-state index in [-0.39, 0.29) is 0 Å². The van der Waals surface area contributed by atoms with E-state index in [0.717, 1.165) is 29.6 Å². The van der Waals surface area contributed by atoms with Gasteiger partial charge in [-0.05, 0) is 48.9 Å². The predicted octanol–water partition coefficient (Wildman–Crippen LogP) is 2.10. The molecule has 14 heavy (non-hydrogen) atoms. The van der Waals surface area contributed by atoms with Crippen molar-refractivity contribution in [2.75, 3.05) is 0 Å². The van der Waals surface area contributed by atoms with Gasteiger partial charge in [-0.1, -0.05) is 15.9 Å². The summed E-state index contributed by atoms with van der Waals surface area (Å²) in [5, 5.41) is 0. The van der Waals surface area contributed by atoms with Gasteiger partial charge in [0.25, 0.3) is 0 Å². The van der Waals surface area contributed by atoms with Crippen LogP contribution in [0.1, 0.15) is 13.3 Å². The molecule has 2 heteroatoms. The largest absolute Gasteiger partial charge is 0.299 e. The lowest BCUT2D eigenvalue weighted by Gasteiger charge is -2.49. The summed E-state index contributed by atoms with van der Waals surface area (Å²) in [6.45, 7) is 2.37. The van der Waals surface area contributed by atoms with Gasteiger partial charge < -0.3 is 0 Å². The minimum absolute atomic E-state index is 0.327. The van der Waals surface area contributed by atoms with Gasteiger partial charge >= 0.3 is 0 Å². The first-order valence-corrected chi connectivity index (χ1v) is 6.66. The normalized spacial score (nSPS) is 80.3. The summed E-state index contributed by atoms with van der Waals surface area (Å²) >= 11 is 3.97. The van der Waals surface area contributed by atoms with E-state index in [0.29, 0.717) is 27.9 Å². The molecule has 0 spiro atoms. The molecule has 5 saturated carbocycles. The molecule has 0 N–H and O–H groups in total. The Kier molecular flexibility index (Phi) is 0.883. The molecule has 0 unspecified atom stereocenters. The van der Waals surface area contributed by atoms with Crippen LogP contribution in [-0.4, -0.2) is 10.1 Å². The molecular formula is C12H13BrO. The van der Waals surface area contributed by atoms with Crippen LogP contribution in [0.5, 0.6) is 0 Å². The number of ketones is 1. The molecule has 0 amide bonds. The smallest absolute Gasteiger partial charge is 0.140 e. The molecule has 0 aromatic heterocycles. The van der Waals surface area contributed by atoms with E-state index in [1.54, 1.807) is 0 Å². The van der Waals surface area contributed by atoms with E-state index >= 15 is 0 Å². The van der Waals surface area contributed by atoms with Gasteiger partial charge in [0.2, 0.25) is 0 Å². The number of rotatable bonds is 0. The number of alkyl halides is 1. The highest BCUT2D eigenvalue weighted by atomic mass is 79.9. The first kappa shape index (κ1) is 7.43.